The predicted molar refractivity (Wildman–Crippen MR) is 71.7 cm³/mol. The topological polar surface area (TPSA) is 12.0 Å². The molecule has 0 aromatic rings. The smallest absolute Gasteiger partial charge is 0.0281 e. The number of rotatable bonds is 6. The van der Waals surface area contributed by atoms with E-state index < -0.39 is 0 Å². The molecule has 2 heteroatoms. The molecule has 0 heterocycles. The van der Waals surface area contributed by atoms with Crippen LogP contribution in [0.1, 0.15) is 58.8 Å². The average Bonchev–Trinajstić information content (AvgIpc) is 2.31. The highest BCUT2D eigenvalue weighted by molar-refractivity contribution is 8.00. The molecular formula is C13H27NS. The van der Waals surface area contributed by atoms with Crippen molar-refractivity contribution in [2.45, 2.75) is 69.6 Å². The third kappa shape index (κ3) is 3.99. The zero-order valence-electron chi connectivity index (χ0n) is 10.6. The second-order valence-electron chi connectivity index (χ2n) is 4.84. The van der Waals surface area contributed by atoms with E-state index in [-0.39, 0.29) is 0 Å². The fourth-order valence-corrected chi connectivity index (χ4v) is 3.48. The van der Waals surface area contributed by atoms with Gasteiger partial charge in [-0.3, -0.25) is 0 Å². The Morgan fingerprint density at radius 2 is 1.73 bits per heavy atom. The molecule has 1 fully saturated rings. The van der Waals surface area contributed by atoms with E-state index in [1.165, 1.54) is 51.5 Å². The van der Waals surface area contributed by atoms with E-state index in [0.717, 1.165) is 6.04 Å². The van der Waals surface area contributed by atoms with Gasteiger partial charge >= 0.3 is 0 Å². The van der Waals surface area contributed by atoms with Crippen molar-refractivity contribution in [1.82, 2.24) is 5.32 Å². The van der Waals surface area contributed by atoms with Gasteiger partial charge in [-0.2, -0.15) is 11.8 Å². The second kappa shape index (κ2) is 6.80. The molecule has 15 heavy (non-hydrogen) atoms. The quantitative estimate of drug-likeness (QED) is 0.743. The summed E-state index contributed by atoms with van der Waals surface area (Å²) in [6, 6.07) is 0.732. The van der Waals surface area contributed by atoms with Crippen LogP contribution in [0.3, 0.4) is 0 Å². The van der Waals surface area contributed by atoms with E-state index in [2.05, 4.69) is 37.2 Å². The third-order valence-electron chi connectivity index (χ3n) is 3.90. The maximum atomic E-state index is 3.76. The van der Waals surface area contributed by atoms with Crippen LogP contribution in [0.4, 0.5) is 0 Å². The zero-order valence-corrected chi connectivity index (χ0v) is 11.5. The highest BCUT2D eigenvalue weighted by Crippen LogP contribution is 2.38. The molecule has 1 saturated carbocycles. The molecule has 1 nitrogen and oxygen atoms in total. The van der Waals surface area contributed by atoms with Crippen molar-refractivity contribution >= 4 is 11.8 Å². The summed E-state index contributed by atoms with van der Waals surface area (Å²) in [6.07, 6.45) is 12.0. The van der Waals surface area contributed by atoms with Crippen LogP contribution in [0.2, 0.25) is 0 Å². The standard InChI is InChI=1S/C13H27NS/c1-4-12(5-2)14-11-13(15-3)9-7-6-8-10-13/h12,14H,4-11H2,1-3H3. The summed E-state index contributed by atoms with van der Waals surface area (Å²) < 4.78 is 0.556. The van der Waals surface area contributed by atoms with Crippen molar-refractivity contribution < 1.29 is 0 Å². The van der Waals surface area contributed by atoms with Crippen molar-refractivity contribution in [3.63, 3.8) is 0 Å². The molecule has 0 spiro atoms. The Hall–Kier alpha value is 0.310. The number of thioether (sulfide) groups is 1. The van der Waals surface area contributed by atoms with Gasteiger partial charge in [-0.15, -0.1) is 0 Å². The summed E-state index contributed by atoms with van der Waals surface area (Å²) in [4.78, 5) is 0. The monoisotopic (exact) mass is 229 g/mol. The van der Waals surface area contributed by atoms with E-state index in [4.69, 9.17) is 0 Å². The van der Waals surface area contributed by atoms with Crippen LogP contribution in [0, 0.1) is 0 Å². The molecule has 1 aliphatic carbocycles. The van der Waals surface area contributed by atoms with E-state index in [1.807, 2.05) is 0 Å². The minimum atomic E-state index is 0.556. The van der Waals surface area contributed by atoms with Crippen molar-refractivity contribution in [2.24, 2.45) is 0 Å². The summed E-state index contributed by atoms with van der Waals surface area (Å²) in [6.45, 7) is 5.79. The first-order valence-corrected chi connectivity index (χ1v) is 7.77. The van der Waals surface area contributed by atoms with Gasteiger partial charge in [-0.05, 0) is 31.9 Å². The van der Waals surface area contributed by atoms with Gasteiger partial charge in [0.1, 0.15) is 0 Å². The molecule has 1 rings (SSSR count). The van der Waals surface area contributed by atoms with Crippen LogP contribution in [0.15, 0.2) is 0 Å². The Balaban J connectivity index is 2.38. The van der Waals surface area contributed by atoms with E-state index >= 15 is 0 Å². The highest BCUT2D eigenvalue weighted by atomic mass is 32.2. The van der Waals surface area contributed by atoms with Crippen molar-refractivity contribution in [3.05, 3.63) is 0 Å². The normalized spacial score (nSPS) is 20.8. The summed E-state index contributed by atoms with van der Waals surface area (Å²) in [7, 11) is 0. The molecular weight excluding hydrogens is 202 g/mol. The molecule has 0 amide bonds. The number of hydrogen-bond donors (Lipinski definition) is 1. The van der Waals surface area contributed by atoms with Gasteiger partial charge in [-0.1, -0.05) is 33.1 Å². The first-order chi connectivity index (χ1) is 7.26. The Bertz CT molecular complexity index is 160. The zero-order chi connectivity index (χ0) is 11.1. The lowest BCUT2D eigenvalue weighted by Gasteiger charge is -2.37. The fourth-order valence-electron chi connectivity index (χ4n) is 2.56. The van der Waals surface area contributed by atoms with Gasteiger partial charge in [0.05, 0.1) is 0 Å². The Labute approximate surface area is 99.8 Å². The molecule has 0 unspecified atom stereocenters. The number of hydrogen-bond acceptors (Lipinski definition) is 2. The largest absolute Gasteiger partial charge is 0.313 e. The summed E-state index contributed by atoms with van der Waals surface area (Å²) in [5.41, 5.74) is 0. The highest BCUT2D eigenvalue weighted by Gasteiger charge is 2.31. The Morgan fingerprint density at radius 3 is 2.20 bits per heavy atom. The van der Waals surface area contributed by atoms with Gasteiger partial charge in [0.15, 0.2) is 0 Å². The fraction of sp³-hybridized carbons (Fsp3) is 1.00. The molecule has 1 aliphatic rings. The van der Waals surface area contributed by atoms with E-state index in [9.17, 15) is 0 Å². The van der Waals surface area contributed by atoms with Crippen molar-refractivity contribution in [3.8, 4) is 0 Å². The lowest BCUT2D eigenvalue weighted by atomic mass is 9.88. The molecule has 0 aromatic heterocycles. The molecule has 0 bridgehead atoms. The summed E-state index contributed by atoms with van der Waals surface area (Å²) >= 11 is 2.09. The Kier molecular flexibility index (Phi) is 6.06. The predicted octanol–water partition coefficient (Wildman–Crippen LogP) is 3.83. The summed E-state index contributed by atoms with van der Waals surface area (Å²) in [5, 5.41) is 3.76. The van der Waals surface area contributed by atoms with Crippen LogP contribution in [0.25, 0.3) is 0 Å². The van der Waals surface area contributed by atoms with Gasteiger partial charge < -0.3 is 5.32 Å². The lowest BCUT2D eigenvalue weighted by molar-refractivity contribution is 0.355. The van der Waals surface area contributed by atoms with Crippen LogP contribution in [-0.2, 0) is 0 Å². The van der Waals surface area contributed by atoms with Crippen LogP contribution >= 0.6 is 11.8 Å². The molecule has 0 aromatic carbocycles. The van der Waals surface area contributed by atoms with Gasteiger partial charge in [0.25, 0.3) is 0 Å². The molecule has 0 atom stereocenters. The third-order valence-corrected chi connectivity index (χ3v) is 5.31. The van der Waals surface area contributed by atoms with E-state index in [1.54, 1.807) is 0 Å². The Morgan fingerprint density at radius 1 is 1.13 bits per heavy atom. The minimum Gasteiger partial charge on any atom is -0.313 e. The van der Waals surface area contributed by atoms with Gasteiger partial charge in [-0.25, -0.2) is 0 Å². The average molecular weight is 229 g/mol. The molecule has 0 aliphatic heterocycles. The second-order valence-corrected chi connectivity index (χ2v) is 6.12. The molecule has 0 saturated heterocycles. The van der Waals surface area contributed by atoms with Crippen molar-refractivity contribution in [2.75, 3.05) is 12.8 Å². The van der Waals surface area contributed by atoms with Gasteiger partial charge in [0.2, 0.25) is 0 Å². The first-order valence-electron chi connectivity index (χ1n) is 6.55. The first kappa shape index (κ1) is 13.4. The molecule has 1 N–H and O–H groups in total. The molecule has 0 radical (unpaired) electrons. The molecule has 90 valence electrons. The van der Waals surface area contributed by atoms with E-state index in [0.29, 0.717) is 4.75 Å². The SMILES string of the molecule is CCC(CC)NCC1(SC)CCCCC1. The van der Waals surface area contributed by atoms with Crippen LogP contribution in [0.5, 0.6) is 0 Å². The maximum absolute atomic E-state index is 3.76. The summed E-state index contributed by atoms with van der Waals surface area (Å²) in [5.74, 6) is 0. The van der Waals surface area contributed by atoms with Gasteiger partial charge in [0, 0.05) is 17.3 Å². The lowest BCUT2D eigenvalue weighted by Crippen LogP contribution is -2.43. The number of nitrogens with one attached hydrogen (secondary N) is 1. The van der Waals surface area contributed by atoms with Crippen LogP contribution < -0.4 is 5.32 Å². The van der Waals surface area contributed by atoms with Crippen molar-refractivity contribution in [1.29, 1.82) is 0 Å². The minimum absolute atomic E-state index is 0.556. The maximum Gasteiger partial charge on any atom is 0.0281 e. The van der Waals surface area contributed by atoms with Crippen LogP contribution in [-0.4, -0.2) is 23.6 Å².